The van der Waals surface area contributed by atoms with Gasteiger partial charge in [0, 0.05) is 7.05 Å². The van der Waals surface area contributed by atoms with Crippen LogP contribution in [0.1, 0.15) is 17.3 Å². The van der Waals surface area contributed by atoms with E-state index in [0.29, 0.717) is 33.6 Å². The highest BCUT2D eigenvalue weighted by molar-refractivity contribution is 7.98. The van der Waals surface area contributed by atoms with E-state index in [9.17, 15) is 4.79 Å². The lowest BCUT2D eigenvalue weighted by Gasteiger charge is -2.07. The molecule has 4 rings (SSSR count). The molecule has 0 unspecified atom stereocenters. The minimum atomic E-state index is -0.0704. The zero-order valence-electron chi connectivity index (χ0n) is 15.5. The standard InChI is InChI=1S/C20H18N4O3S/c1-13-7-9-14(10-8-13)26-11-18-22-23-20(27-18)28-12-17-21-16-6-4-3-5-15(16)19(25)24(17)2/h3-10H,11-12H2,1-2H3. The van der Waals surface area contributed by atoms with Gasteiger partial charge < -0.3 is 9.15 Å². The van der Waals surface area contributed by atoms with Crippen molar-refractivity contribution < 1.29 is 9.15 Å². The normalized spacial score (nSPS) is 11.1. The summed E-state index contributed by atoms with van der Waals surface area (Å²) in [4.78, 5) is 17.0. The first-order valence-corrected chi connectivity index (χ1v) is 9.68. The Balaban J connectivity index is 1.42. The van der Waals surface area contributed by atoms with Gasteiger partial charge in [0.15, 0.2) is 6.61 Å². The lowest BCUT2D eigenvalue weighted by molar-refractivity contribution is 0.252. The number of aromatic nitrogens is 4. The van der Waals surface area contributed by atoms with E-state index in [-0.39, 0.29) is 12.2 Å². The molecule has 0 spiro atoms. The maximum atomic E-state index is 12.5. The van der Waals surface area contributed by atoms with Crippen molar-refractivity contribution in [2.24, 2.45) is 7.05 Å². The maximum absolute atomic E-state index is 12.5. The second kappa shape index (κ2) is 7.85. The van der Waals surface area contributed by atoms with Crippen molar-refractivity contribution in [2.75, 3.05) is 0 Å². The predicted molar refractivity (Wildman–Crippen MR) is 106 cm³/mol. The van der Waals surface area contributed by atoms with Crippen molar-refractivity contribution in [1.82, 2.24) is 19.7 Å². The van der Waals surface area contributed by atoms with Crippen LogP contribution in [0, 0.1) is 6.92 Å². The number of para-hydroxylation sites is 1. The molecule has 7 nitrogen and oxygen atoms in total. The van der Waals surface area contributed by atoms with Crippen LogP contribution >= 0.6 is 11.8 Å². The molecule has 0 saturated carbocycles. The van der Waals surface area contributed by atoms with E-state index in [1.807, 2.05) is 49.4 Å². The third kappa shape index (κ3) is 3.91. The fraction of sp³-hybridized carbons (Fsp3) is 0.200. The summed E-state index contributed by atoms with van der Waals surface area (Å²) >= 11 is 1.33. The molecule has 0 amide bonds. The zero-order chi connectivity index (χ0) is 19.5. The quantitative estimate of drug-likeness (QED) is 0.463. The molecule has 0 saturated heterocycles. The molecule has 2 aromatic carbocycles. The Morgan fingerprint density at radius 2 is 1.89 bits per heavy atom. The van der Waals surface area contributed by atoms with Crippen LogP contribution in [0.5, 0.6) is 5.75 Å². The summed E-state index contributed by atoms with van der Waals surface area (Å²) in [7, 11) is 1.71. The molecule has 28 heavy (non-hydrogen) atoms. The van der Waals surface area contributed by atoms with Gasteiger partial charge in [-0.05, 0) is 31.2 Å². The van der Waals surface area contributed by atoms with Gasteiger partial charge in [-0.15, -0.1) is 10.2 Å². The van der Waals surface area contributed by atoms with Crippen molar-refractivity contribution in [3.63, 3.8) is 0 Å². The van der Waals surface area contributed by atoms with Gasteiger partial charge in [0.25, 0.3) is 16.7 Å². The minimum absolute atomic E-state index is 0.0704. The van der Waals surface area contributed by atoms with Gasteiger partial charge >= 0.3 is 0 Å². The second-order valence-electron chi connectivity index (χ2n) is 6.26. The van der Waals surface area contributed by atoms with Crippen LogP contribution < -0.4 is 10.3 Å². The first-order valence-electron chi connectivity index (χ1n) is 8.69. The topological polar surface area (TPSA) is 83.0 Å². The van der Waals surface area contributed by atoms with Crippen LogP contribution in [0.4, 0.5) is 0 Å². The molecule has 0 aliphatic heterocycles. The molecule has 2 heterocycles. The van der Waals surface area contributed by atoms with Crippen LogP contribution in [0.3, 0.4) is 0 Å². The fourth-order valence-electron chi connectivity index (χ4n) is 2.65. The zero-order valence-corrected chi connectivity index (χ0v) is 16.3. The Bertz CT molecular complexity index is 1170. The molecular weight excluding hydrogens is 376 g/mol. The average molecular weight is 394 g/mol. The van der Waals surface area contributed by atoms with Crippen molar-refractivity contribution in [1.29, 1.82) is 0 Å². The molecule has 0 atom stereocenters. The van der Waals surface area contributed by atoms with Crippen molar-refractivity contribution >= 4 is 22.7 Å². The number of aryl methyl sites for hydroxylation is 1. The largest absolute Gasteiger partial charge is 0.484 e. The van der Waals surface area contributed by atoms with E-state index in [4.69, 9.17) is 9.15 Å². The van der Waals surface area contributed by atoms with Gasteiger partial charge in [-0.1, -0.05) is 41.6 Å². The van der Waals surface area contributed by atoms with Gasteiger partial charge in [-0.2, -0.15) is 0 Å². The lowest BCUT2D eigenvalue weighted by Crippen LogP contribution is -2.21. The Kier molecular flexibility index (Phi) is 5.12. The van der Waals surface area contributed by atoms with Crippen molar-refractivity contribution in [3.05, 3.63) is 76.2 Å². The first-order chi connectivity index (χ1) is 13.6. The Morgan fingerprint density at radius 3 is 2.71 bits per heavy atom. The summed E-state index contributed by atoms with van der Waals surface area (Å²) in [5.74, 6) is 2.22. The minimum Gasteiger partial charge on any atom is -0.484 e. The third-order valence-corrected chi connectivity index (χ3v) is 5.05. The maximum Gasteiger partial charge on any atom is 0.277 e. The molecule has 0 radical (unpaired) electrons. The molecule has 2 aromatic heterocycles. The monoisotopic (exact) mass is 394 g/mol. The average Bonchev–Trinajstić information content (AvgIpc) is 3.17. The summed E-state index contributed by atoms with van der Waals surface area (Å²) in [6.45, 7) is 2.22. The van der Waals surface area contributed by atoms with Crippen LogP contribution in [0.25, 0.3) is 10.9 Å². The van der Waals surface area contributed by atoms with Crippen molar-refractivity contribution in [2.45, 2.75) is 24.5 Å². The van der Waals surface area contributed by atoms with Gasteiger partial charge in [-0.25, -0.2) is 4.98 Å². The van der Waals surface area contributed by atoms with Gasteiger partial charge in [0.05, 0.1) is 16.7 Å². The number of ether oxygens (including phenoxy) is 1. The van der Waals surface area contributed by atoms with Gasteiger partial charge in [-0.3, -0.25) is 9.36 Å². The molecule has 4 aromatic rings. The van der Waals surface area contributed by atoms with E-state index >= 15 is 0 Å². The molecule has 0 N–H and O–H groups in total. The number of rotatable bonds is 6. The van der Waals surface area contributed by atoms with Crippen LogP contribution in [0.15, 0.2) is 63.0 Å². The third-order valence-electron chi connectivity index (χ3n) is 4.23. The molecule has 0 bridgehead atoms. The van der Waals surface area contributed by atoms with Crippen LogP contribution in [-0.2, 0) is 19.4 Å². The summed E-state index contributed by atoms with van der Waals surface area (Å²) < 4.78 is 12.8. The molecule has 0 aliphatic rings. The lowest BCUT2D eigenvalue weighted by atomic mass is 10.2. The molecule has 0 fully saturated rings. The first kappa shape index (κ1) is 18.2. The smallest absolute Gasteiger partial charge is 0.277 e. The number of fused-ring (bicyclic) bond motifs is 1. The molecule has 142 valence electrons. The number of hydrogen-bond acceptors (Lipinski definition) is 7. The summed E-state index contributed by atoms with van der Waals surface area (Å²) in [5.41, 5.74) is 1.78. The Hall–Kier alpha value is -3.13. The Labute approximate surface area is 165 Å². The van der Waals surface area contributed by atoms with E-state index < -0.39 is 0 Å². The predicted octanol–water partition coefficient (Wildman–Crippen LogP) is 3.50. The molecular formula is C20H18N4O3S. The van der Waals surface area contributed by atoms with E-state index in [0.717, 1.165) is 5.75 Å². The fourth-order valence-corrected chi connectivity index (χ4v) is 3.42. The highest BCUT2D eigenvalue weighted by Crippen LogP contribution is 2.21. The van der Waals surface area contributed by atoms with Crippen LogP contribution in [-0.4, -0.2) is 19.7 Å². The number of nitrogens with zero attached hydrogens (tertiary/aromatic N) is 4. The van der Waals surface area contributed by atoms with E-state index in [2.05, 4.69) is 15.2 Å². The molecule has 8 heteroatoms. The summed E-state index contributed by atoms with van der Waals surface area (Å²) in [6.07, 6.45) is 0. The highest BCUT2D eigenvalue weighted by Gasteiger charge is 2.12. The van der Waals surface area contributed by atoms with Crippen LogP contribution in [0.2, 0.25) is 0 Å². The number of hydrogen-bond donors (Lipinski definition) is 0. The van der Waals surface area contributed by atoms with Gasteiger partial charge in [0.1, 0.15) is 11.6 Å². The summed E-state index contributed by atoms with van der Waals surface area (Å²) in [5, 5.41) is 9.03. The van der Waals surface area contributed by atoms with Crippen molar-refractivity contribution in [3.8, 4) is 5.75 Å². The Morgan fingerprint density at radius 1 is 1.11 bits per heavy atom. The van der Waals surface area contributed by atoms with E-state index in [1.165, 1.54) is 17.3 Å². The SMILES string of the molecule is Cc1ccc(OCc2nnc(SCc3nc4ccccc4c(=O)n3C)o2)cc1. The highest BCUT2D eigenvalue weighted by atomic mass is 32.2. The number of thioether (sulfide) groups is 1. The second-order valence-corrected chi connectivity index (χ2v) is 7.19. The van der Waals surface area contributed by atoms with Gasteiger partial charge in [0.2, 0.25) is 0 Å². The summed E-state index contributed by atoms with van der Waals surface area (Å²) in [6, 6.07) is 15.1. The van der Waals surface area contributed by atoms with E-state index in [1.54, 1.807) is 17.7 Å². The number of benzene rings is 2. The molecule has 0 aliphatic carbocycles.